The Morgan fingerprint density at radius 2 is 2.15 bits per heavy atom. The van der Waals surface area contributed by atoms with Gasteiger partial charge < -0.3 is 11.1 Å². The summed E-state index contributed by atoms with van der Waals surface area (Å²) in [7, 11) is 1.76. The normalized spacial score (nSPS) is 12.4. The number of hydrogen-bond acceptors (Lipinski definition) is 3. The number of nitrogens with zero attached hydrogens (tertiary/aromatic N) is 1. The van der Waals surface area contributed by atoms with Gasteiger partial charge >= 0.3 is 0 Å². The van der Waals surface area contributed by atoms with Crippen molar-refractivity contribution in [3.05, 3.63) is 57.5 Å². The zero-order valence-corrected chi connectivity index (χ0v) is 12.3. The molecule has 0 aliphatic heterocycles. The minimum atomic E-state index is -0.341. The molecule has 3 nitrogen and oxygen atoms in total. The van der Waals surface area contributed by atoms with Crippen molar-refractivity contribution in [1.29, 1.82) is 0 Å². The Kier molecular flexibility index (Phi) is 4.81. The minimum absolute atomic E-state index is 0.226. The smallest absolute Gasteiger partial charge is 0.128 e. The number of aromatic nitrogens is 1. The van der Waals surface area contributed by atoms with E-state index in [1.54, 1.807) is 25.2 Å². The van der Waals surface area contributed by atoms with Crippen LogP contribution in [-0.2, 0) is 6.42 Å². The van der Waals surface area contributed by atoms with Gasteiger partial charge in [-0.15, -0.1) is 0 Å². The molecule has 1 aromatic carbocycles. The van der Waals surface area contributed by atoms with Crippen LogP contribution >= 0.6 is 23.2 Å². The molecule has 0 radical (unpaired) electrons. The zero-order valence-electron chi connectivity index (χ0n) is 10.8. The highest BCUT2D eigenvalue weighted by Gasteiger charge is 2.18. The van der Waals surface area contributed by atoms with Crippen LogP contribution in [0, 0.1) is 5.82 Å². The van der Waals surface area contributed by atoms with Crippen LogP contribution in [0.25, 0.3) is 0 Å². The van der Waals surface area contributed by atoms with Crippen molar-refractivity contribution in [3.63, 3.8) is 0 Å². The minimum Gasteiger partial charge on any atom is -0.383 e. The fourth-order valence-corrected chi connectivity index (χ4v) is 2.45. The Morgan fingerprint density at radius 1 is 1.40 bits per heavy atom. The van der Waals surface area contributed by atoms with E-state index in [-0.39, 0.29) is 11.9 Å². The Labute approximate surface area is 126 Å². The van der Waals surface area contributed by atoms with E-state index in [0.717, 1.165) is 5.56 Å². The molecule has 1 aromatic heterocycles. The van der Waals surface area contributed by atoms with Gasteiger partial charge in [0.15, 0.2) is 0 Å². The molecule has 0 amide bonds. The fraction of sp³-hybridized carbons (Fsp3) is 0.214. The van der Waals surface area contributed by atoms with Crippen LogP contribution in [0.4, 0.5) is 10.2 Å². The molecule has 3 N–H and O–H groups in total. The SMILES string of the molecule is CNC(Cc1c(F)cccc1Cl)c1cc(Cl)cnc1N. The number of nitrogen functional groups attached to an aromatic ring is 1. The molecule has 0 bridgehead atoms. The lowest BCUT2D eigenvalue weighted by molar-refractivity contribution is 0.554. The lowest BCUT2D eigenvalue weighted by atomic mass is 9.99. The van der Waals surface area contributed by atoms with Crippen LogP contribution in [0.1, 0.15) is 17.2 Å². The molecule has 2 aromatic rings. The second-order valence-electron chi connectivity index (χ2n) is 4.37. The van der Waals surface area contributed by atoms with Crippen LogP contribution in [0.3, 0.4) is 0 Å². The second-order valence-corrected chi connectivity index (χ2v) is 5.22. The topological polar surface area (TPSA) is 50.9 Å². The maximum absolute atomic E-state index is 13.9. The van der Waals surface area contributed by atoms with E-state index in [2.05, 4.69) is 10.3 Å². The highest BCUT2D eigenvalue weighted by atomic mass is 35.5. The van der Waals surface area contributed by atoms with Crippen molar-refractivity contribution in [2.75, 3.05) is 12.8 Å². The summed E-state index contributed by atoms with van der Waals surface area (Å²) in [4.78, 5) is 4.01. The molecule has 0 aliphatic rings. The highest BCUT2D eigenvalue weighted by molar-refractivity contribution is 6.31. The summed E-state index contributed by atoms with van der Waals surface area (Å²) < 4.78 is 13.9. The van der Waals surface area contributed by atoms with E-state index >= 15 is 0 Å². The number of rotatable bonds is 4. The molecule has 0 aliphatic carbocycles. The quantitative estimate of drug-likeness (QED) is 0.906. The van der Waals surface area contributed by atoms with Crippen LogP contribution < -0.4 is 11.1 Å². The number of benzene rings is 1. The van der Waals surface area contributed by atoms with Gasteiger partial charge in [-0.2, -0.15) is 0 Å². The van der Waals surface area contributed by atoms with Crippen molar-refractivity contribution >= 4 is 29.0 Å². The Bertz CT molecular complexity index is 599. The molecule has 0 spiro atoms. The van der Waals surface area contributed by atoms with Gasteiger partial charge in [0.05, 0.1) is 5.02 Å². The van der Waals surface area contributed by atoms with Crippen molar-refractivity contribution < 1.29 is 4.39 Å². The number of hydrogen-bond donors (Lipinski definition) is 2. The number of nitrogens with two attached hydrogens (primary N) is 1. The molecule has 0 saturated carbocycles. The van der Waals surface area contributed by atoms with Crippen LogP contribution in [0.15, 0.2) is 30.5 Å². The second kappa shape index (κ2) is 6.39. The summed E-state index contributed by atoms with van der Waals surface area (Å²) in [5, 5.41) is 3.95. The molecule has 1 unspecified atom stereocenters. The van der Waals surface area contributed by atoms with Crippen molar-refractivity contribution in [2.45, 2.75) is 12.5 Å². The number of pyridine rings is 1. The first-order valence-electron chi connectivity index (χ1n) is 6.04. The maximum atomic E-state index is 13.9. The third kappa shape index (κ3) is 3.20. The van der Waals surface area contributed by atoms with E-state index in [9.17, 15) is 4.39 Å². The van der Waals surface area contributed by atoms with Crippen LogP contribution in [-0.4, -0.2) is 12.0 Å². The average Bonchev–Trinajstić information content (AvgIpc) is 2.42. The monoisotopic (exact) mass is 313 g/mol. The van der Waals surface area contributed by atoms with E-state index in [4.69, 9.17) is 28.9 Å². The Morgan fingerprint density at radius 3 is 2.80 bits per heavy atom. The molecule has 2 rings (SSSR count). The van der Waals surface area contributed by atoms with Gasteiger partial charge in [-0.3, -0.25) is 0 Å². The lowest BCUT2D eigenvalue weighted by Gasteiger charge is -2.19. The summed E-state index contributed by atoms with van der Waals surface area (Å²) in [6, 6.07) is 6.11. The van der Waals surface area contributed by atoms with Gasteiger partial charge in [0, 0.05) is 28.4 Å². The third-order valence-corrected chi connectivity index (χ3v) is 3.67. The van der Waals surface area contributed by atoms with Crippen LogP contribution in [0.5, 0.6) is 0 Å². The molecule has 20 heavy (non-hydrogen) atoms. The van der Waals surface area contributed by atoms with E-state index in [0.29, 0.717) is 27.8 Å². The summed E-state index contributed by atoms with van der Waals surface area (Å²) in [6.07, 6.45) is 1.83. The predicted octanol–water partition coefficient (Wildman–Crippen LogP) is 3.61. The number of nitrogens with one attached hydrogen (secondary N) is 1. The summed E-state index contributed by atoms with van der Waals surface area (Å²) in [5.41, 5.74) is 7.02. The largest absolute Gasteiger partial charge is 0.383 e. The lowest BCUT2D eigenvalue weighted by Crippen LogP contribution is -2.21. The van der Waals surface area contributed by atoms with Crippen molar-refractivity contribution in [2.24, 2.45) is 0 Å². The zero-order chi connectivity index (χ0) is 14.7. The van der Waals surface area contributed by atoms with Gasteiger partial charge in [-0.05, 0) is 31.7 Å². The molecule has 1 atom stereocenters. The summed E-state index contributed by atoms with van der Waals surface area (Å²) in [6.45, 7) is 0. The van der Waals surface area contributed by atoms with Gasteiger partial charge in [-0.1, -0.05) is 29.3 Å². The Hall–Kier alpha value is -1.36. The highest BCUT2D eigenvalue weighted by Crippen LogP contribution is 2.28. The van der Waals surface area contributed by atoms with Gasteiger partial charge in [-0.25, -0.2) is 9.37 Å². The predicted molar refractivity (Wildman–Crippen MR) is 80.6 cm³/mol. The van der Waals surface area contributed by atoms with E-state index in [1.807, 2.05) is 0 Å². The maximum Gasteiger partial charge on any atom is 0.128 e. The molecule has 0 fully saturated rings. The summed E-state index contributed by atoms with van der Waals surface area (Å²) >= 11 is 12.0. The first kappa shape index (κ1) is 15.0. The van der Waals surface area contributed by atoms with Gasteiger partial charge in [0.1, 0.15) is 11.6 Å². The van der Waals surface area contributed by atoms with E-state index < -0.39 is 0 Å². The molecule has 6 heteroatoms. The number of halogens is 3. The van der Waals surface area contributed by atoms with Crippen molar-refractivity contribution in [1.82, 2.24) is 10.3 Å². The average molecular weight is 314 g/mol. The molecule has 1 heterocycles. The number of likely N-dealkylation sites (N-methyl/N-ethyl adjacent to an activating group) is 1. The molecular weight excluding hydrogens is 300 g/mol. The Balaban J connectivity index is 2.36. The van der Waals surface area contributed by atoms with Crippen molar-refractivity contribution in [3.8, 4) is 0 Å². The molecule has 0 saturated heterocycles. The van der Waals surface area contributed by atoms with E-state index in [1.165, 1.54) is 12.3 Å². The third-order valence-electron chi connectivity index (χ3n) is 3.11. The summed E-state index contributed by atoms with van der Waals surface area (Å²) in [5.74, 6) is 0.0209. The first-order valence-corrected chi connectivity index (χ1v) is 6.79. The molecular formula is C14H14Cl2FN3. The van der Waals surface area contributed by atoms with Crippen LogP contribution in [0.2, 0.25) is 10.0 Å². The number of anilines is 1. The standard InChI is InChI=1S/C14H14Cl2FN3/c1-19-13(10-5-8(15)7-20-14(10)18)6-9-11(16)3-2-4-12(9)17/h2-5,7,13,19H,6H2,1H3,(H2,18,20). The fourth-order valence-electron chi connectivity index (χ4n) is 2.04. The van der Waals surface area contributed by atoms with Gasteiger partial charge in [0.25, 0.3) is 0 Å². The molecule has 106 valence electrons. The first-order chi connectivity index (χ1) is 9.52. The van der Waals surface area contributed by atoms with Gasteiger partial charge in [0.2, 0.25) is 0 Å².